The van der Waals surface area contributed by atoms with Gasteiger partial charge in [0, 0.05) is 12.6 Å². The Labute approximate surface area is 103 Å². The van der Waals surface area contributed by atoms with Crippen LogP contribution in [0.5, 0.6) is 0 Å². The highest BCUT2D eigenvalue weighted by molar-refractivity contribution is 5.75. The molecule has 0 saturated heterocycles. The van der Waals surface area contributed by atoms with E-state index in [0.29, 0.717) is 18.9 Å². The van der Waals surface area contributed by atoms with E-state index in [4.69, 9.17) is 0 Å². The predicted octanol–water partition coefficient (Wildman–Crippen LogP) is 2.23. The van der Waals surface area contributed by atoms with E-state index < -0.39 is 0 Å². The van der Waals surface area contributed by atoms with Crippen LogP contribution in [0.25, 0.3) is 0 Å². The first-order valence-corrected chi connectivity index (χ1v) is 6.12. The number of hydrogen-bond acceptors (Lipinski definition) is 3. The van der Waals surface area contributed by atoms with E-state index in [1.54, 1.807) is 12.4 Å². The van der Waals surface area contributed by atoms with Gasteiger partial charge < -0.3 is 5.32 Å². The maximum absolute atomic E-state index is 11.5. The van der Waals surface area contributed by atoms with Crippen molar-refractivity contribution in [2.24, 2.45) is 5.92 Å². The number of nitrogens with zero attached hydrogens (tertiary/aromatic N) is 2. The van der Waals surface area contributed by atoms with Crippen LogP contribution < -0.4 is 5.32 Å². The summed E-state index contributed by atoms with van der Waals surface area (Å²) in [4.78, 5) is 19.8. The molecule has 17 heavy (non-hydrogen) atoms. The molecule has 0 atom stereocenters. The molecular weight excluding hydrogens is 214 g/mol. The number of hydrogen-bond donors (Lipinski definition) is 1. The van der Waals surface area contributed by atoms with Gasteiger partial charge >= 0.3 is 0 Å². The van der Waals surface area contributed by atoms with Crippen molar-refractivity contribution >= 4 is 5.91 Å². The second kappa shape index (κ2) is 6.99. The third-order valence-electron chi connectivity index (χ3n) is 2.49. The highest BCUT2D eigenvalue weighted by Gasteiger charge is 2.03. The van der Waals surface area contributed by atoms with Crippen molar-refractivity contribution in [2.75, 3.05) is 0 Å². The summed E-state index contributed by atoms with van der Waals surface area (Å²) in [5.41, 5.74) is 1.69. The Bertz CT molecular complexity index is 346. The van der Waals surface area contributed by atoms with Gasteiger partial charge in [0.2, 0.25) is 5.91 Å². The molecule has 1 rings (SSSR count). The Kier molecular flexibility index (Phi) is 5.60. The van der Waals surface area contributed by atoms with E-state index in [0.717, 1.165) is 24.2 Å². The zero-order valence-corrected chi connectivity index (χ0v) is 10.9. The molecule has 0 bridgehead atoms. The summed E-state index contributed by atoms with van der Waals surface area (Å²) >= 11 is 0. The van der Waals surface area contributed by atoms with Crippen molar-refractivity contribution in [3.8, 4) is 0 Å². The van der Waals surface area contributed by atoms with Crippen molar-refractivity contribution in [1.82, 2.24) is 15.3 Å². The second-order valence-electron chi connectivity index (χ2n) is 4.71. The lowest BCUT2D eigenvalue weighted by molar-refractivity contribution is -0.121. The molecule has 0 spiro atoms. The Morgan fingerprint density at radius 1 is 1.35 bits per heavy atom. The van der Waals surface area contributed by atoms with Gasteiger partial charge in [-0.1, -0.05) is 20.3 Å². The van der Waals surface area contributed by atoms with Gasteiger partial charge in [-0.3, -0.25) is 14.8 Å². The zero-order valence-electron chi connectivity index (χ0n) is 10.9. The van der Waals surface area contributed by atoms with Gasteiger partial charge in [0.25, 0.3) is 0 Å². The maximum Gasteiger partial charge on any atom is 0.220 e. The van der Waals surface area contributed by atoms with Crippen LogP contribution in [0.2, 0.25) is 0 Å². The number of aromatic nitrogens is 2. The van der Waals surface area contributed by atoms with Crippen LogP contribution in [0.15, 0.2) is 12.4 Å². The molecule has 4 heteroatoms. The molecule has 1 amide bonds. The summed E-state index contributed by atoms with van der Waals surface area (Å²) in [7, 11) is 0. The minimum atomic E-state index is 0.0908. The van der Waals surface area contributed by atoms with Gasteiger partial charge in [-0.05, 0) is 19.3 Å². The molecule has 0 aliphatic rings. The van der Waals surface area contributed by atoms with Crippen molar-refractivity contribution in [1.29, 1.82) is 0 Å². The zero-order chi connectivity index (χ0) is 12.7. The number of carbonyl (C=O) groups is 1. The van der Waals surface area contributed by atoms with E-state index in [-0.39, 0.29) is 5.91 Å². The Morgan fingerprint density at radius 3 is 2.71 bits per heavy atom. The van der Waals surface area contributed by atoms with Crippen LogP contribution in [-0.2, 0) is 11.3 Å². The minimum Gasteiger partial charge on any atom is -0.350 e. The second-order valence-corrected chi connectivity index (χ2v) is 4.71. The SMILES string of the molecule is Cc1cnc(CNC(=O)CCCC(C)C)cn1. The molecule has 0 unspecified atom stereocenters. The molecule has 0 radical (unpaired) electrons. The minimum absolute atomic E-state index is 0.0908. The third-order valence-corrected chi connectivity index (χ3v) is 2.49. The van der Waals surface area contributed by atoms with Crippen molar-refractivity contribution < 1.29 is 4.79 Å². The Hall–Kier alpha value is -1.45. The van der Waals surface area contributed by atoms with E-state index in [1.165, 1.54) is 0 Å². The first-order valence-electron chi connectivity index (χ1n) is 6.12. The smallest absolute Gasteiger partial charge is 0.220 e. The molecule has 1 aromatic rings. The fourth-order valence-corrected chi connectivity index (χ4v) is 1.46. The predicted molar refractivity (Wildman–Crippen MR) is 67.3 cm³/mol. The van der Waals surface area contributed by atoms with Crippen LogP contribution >= 0.6 is 0 Å². The molecule has 0 saturated carbocycles. The van der Waals surface area contributed by atoms with E-state index in [1.807, 2.05) is 6.92 Å². The number of nitrogens with one attached hydrogen (secondary N) is 1. The quantitative estimate of drug-likeness (QED) is 0.822. The average Bonchev–Trinajstić information content (AvgIpc) is 2.28. The Morgan fingerprint density at radius 2 is 2.12 bits per heavy atom. The van der Waals surface area contributed by atoms with Gasteiger partial charge in [0.1, 0.15) is 0 Å². The monoisotopic (exact) mass is 235 g/mol. The van der Waals surface area contributed by atoms with Crippen LogP contribution in [0.1, 0.15) is 44.5 Å². The molecule has 0 aliphatic heterocycles. The van der Waals surface area contributed by atoms with Gasteiger partial charge in [0.05, 0.1) is 24.1 Å². The maximum atomic E-state index is 11.5. The lowest BCUT2D eigenvalue weighted by Gasteiger charge is -2.06. The standard InChI is InChI=1S/C13H21N3O/c1-10(2)5-4-6-13(17)16-9-12-8-14-11(3)7-15-12/h7-8,10H,4-6,9H2,1-3H3,(H,16,17). The van der Waals surface area contributed by atoms with Crippen LogP contribution in [0.3, 0.4) is 0 Å². The number of aryl methyl sites for hydroxylation is 1. The first-order chi connectivity index (χ1) is 8.08. The van der Waals surface area contributed by atoms with E-state index in [9.17, 15) is 4.79 Å². The molecule has 0 aliphatic carbocycles. The van der Waals surface area contributed by atoms with Gasteiger partial charge in [-0.2, -0.15) is 0 Å². The molecule has 94 valence electrons. The summed E-state index contributed by atoms with van der Waals surface area (Å²) in [5, 5.41) is 2.85. The molecular formula is C13H21N3O. The summed E-state index contributed by atoms with van der Waals surface area (Å²) in [6.45, 7) is 6.69. The topological polar surface area (TPSA) is 54.9 Å². The van der Waals surface area contributed by atoms with Crippen LogP contribution in [-0.4, -0.2) is 15.9 Å². The fraction of sp³-hybridized carbons (Fsp3) is 0.615. The highest BCUT2D eigenvalue weighted by Crippen LogP contribution is 2.05. The van der Waals surface area contributed by atoms with Gasteiger partial charge in [-0.15, -0.1) is 0 Å². The summed E-state index contributed by atoms with van der Waals surface area (Å²) < 4.78 is 0. The fourth-order valence-electron chi connectivity index (χ4n) is 1.46. The van der Waals surface area contributed by atoms with Crippen molar-refractivity contribution in [3.05, 3.63) is 23.8 Å². The lowest BCUT2D eigenvalue weighted by Crippen LogP contribution is -2.23. The lowest BCUT2D eigenvalue weighted by atomic mass is 10.1. The average molecular weight is 235 g/mol. The number of amides is 1. The summed E-state index contributed by atoms with van der Waals surface area (Å²) in [6, 6.07) is 0. The van der Waals surface area contributed by atoms with Crippen LogP contribution in [0.4, 0.5) is 0 Å². The van der Waals surface area contributed by atoms with Gasteiger partial charge in [-0.25, -0.2) is 0 Å². The highest BCUT2D eigenvalue weighted by atomic mass is 16.1. The molecule has 0 fully saturated rings. The van der Waals surface area contributed by atoms with Gasteiger partial charge in [0.15, 0.2) is 0 Å². The van der Waals surface area contributed by atoms with Crippen molar-refractivity contribution in [2.45, 2.75) is 46.6 Å². The third kappa shape index (κ3) is 6.00. The van der Waals surface area contributed by atoms with Crippen LogP contribution in [0, 0.1) is 12.8 Å². The van der Waals surface area contributed by atoms with E-state index in [2.05, 4.69) is 29.1 Å². The molecule has 1 aromatic heterocycles. The number of carbonyl (C=O) groups excluding carboxylic acids is 1. The summed E-state index contributed by atoms with van der Waals surface area (Å²) in [5.74, 6) is 0.749. The number of rotatable bonds is 6. The normalized spacial score (nSPS) is 10.6. The first kappa shape index (κ1) is 13.6. The largest absolute Gasteiger partial charge is 0.350 e. The molecule has 4 nitrogen and oxygen atoms in total. The summed E-state index contributed by atoms with van der Waals surface area (Å²) in [6.07, 6.45) is 6.04. The van der Waals surface area contributed by atoms with E-state index >= 15 is 0 Å². The molecule has 1 N–H and O–H groups in total. The molecule has 1 heterocycles. The van der Waals surface area contributed by atoms with Crippen molar-refractivity contribution in [3.63, 3.8) is 0 Å². The Balaban J connectivity index is 2.21. The molecule has 0 aromatic carbocycles.